The summed E-state index contributed by atoms with van der Waals surface area (Å²) in [5.74, 6) is 0.628. The third kappa shape index (κ3) is 3.07. The summed E-state index contributed by atoms with van der Waals surface area (Å²) in [5.41, 5.74) is 3.44. The molecule has 0 aliphatic rings. The second-order valence-electron chi connectivity index (χ2n) is 4.66. The molecule has 2 aromatic heterocycles. The Morgan fingerprint density at radius 2 is 2.25 bits per heavy atom. The number of rotatable bonds is 6. The molecule has 0 amide bonds. The van der Waals surface area contributed by atoms with Gasteiger partial charge in [-0.2, -0.15) is 4.98 Å². The monoisotopic (exact) mass is 270 g/mol. The fourth-order valence-electron chi connectivity index (χ4n) is 2.24. The largest absolute Gasteiger partial charge is 0.330 e. The van der Waals surface area contributed by atoms with Crippen molar-refractivity contribution in [2.24, 2.45) is 0 Å². The molecule has 0 saturated carbocycles. The van der Waals surface area contributed by atoms with Gasteiger partial charge >= 0.3 is 0 Å². The third-order valence-electron chi connectivity index (χ3n) is 3.06. The minimum atomic E-state index is 0.628. The van der Waals surface area contributed by atoms with Crippen molar-refractivity contribution in [3.05, 3.63) is 42.2 Å². The molecule has 4 nitrogen and oxygen atoms in total. The summed E-state index contributed by atoms with van der Waals surface area (Å²) in [5, 5.41) is 7.50. The predicted molar refractivity (Wildman–Crippen MR) is 84.6 cm³/mol. The van der Waals surface area contributed by atoms with Crippen molar-refractivity contribution < 1.29 is 0 Å². The molecule has 106 valence electrons. The first-order valence-electron chi connectivity index (χ1n) is 7.22. The van der Waals surface area contributed by atoms with Gasteiger partial charge in [-0.25, -0.2) is 4.52 Å². The van der Waals surface area contributed by atoms with Gasteiger partial charge in [0.2, 0.25) is 5.95 Å². The molecule has 2 aromatic rings. The van der Waals surface area contributed by atoms with Crippen LogP contribution in [0.1, 0.15) is 45.6 Å². The lowest BCUT2D eigenvalue weighted by atomic mass is 10.0. The molecule has 0 spiro atoms. The summed E-state index contributed by atoms with van der Waals surface area (Å²) in [4.78, 5) is 4.58. The summed E-state index contributed by atoms with van der Waals surface area (Å²) in [6.07, 6.45) is 11.2. The molecule has 4 heteroatoms. The average Bonchev–Trinajstić information content (AvgIpc) is 2.87. The smallest absolute Gasteiger partial charge is 0.247 e. The van der Waals surface area contributed by atoms with E-state index < -0.39 is 0 Å². The number of fused-ring (bicyclic) bond motifs is 1. The van der Waals surface area contributed by atoms with Crippen LogP contribution in [0.2, 0.25) is 0 Å². The second kappa shape index (κ2) is 6.89. The Hall–Kier alpha value is -2.10. The van der Waals surface area contributed by atoms with Crippen LogP contribution in [0.25, 0.3) is 11.2 Å². The molecule has 0 aliphatic carbocycles. The van der Waals surface area contributed by atoms with Gasteiger partial charge < -0.3 is 5.32 Å². The Balaban J connectivity index is 2.47. The quantitative estimate of drug-likeness (QED) is 0.852. The third-order valence-corrected chi connectivity index (χ3v) is 3.06. The number of hydrogen-bond acceptors (Lipinski definition) is 3. The zero-order valence-electron chi connectivity index (χ0n) is 12.4. The summed E-state index contributed by atoms with van der Waals surface area (Å²) in [7, 11) is 0. The minimum absolute atomic E-state index is 0.628. The van der Waals surface area contributed by atoms with Crippen LogP contribution in [0.15, 0.2) is 36.7 Å². The van der Waals surface area contributed by atoms with Crippen LogP contribution in [0.5, 0.6) is 0 Å². The number of aromatic nitrogens is 3. The zero-order valence-corrected chi connectivity index (χ0v) is 12.4. The number of allylic oxidation sites excluding steroid dienone is 3. The van der Waals surface area contributed by atoms with Crippen molar-refractivity contribution in [2.75, 3.05) is 5.32 Å². The van der Waals surface area contributed by atoms with E-state index in [0.29, 0.717) is 5.95 Å². The highest BCUT2D eigenvalue weighted by Crippen LogP contribution is 2.24. The van der Waals surface area contributed by atoms with E-state index in [2.05, 4.69) is 41.4 Å². The first-order valence-corrected chi connectivity index (χ1v) is 7.22. The van der Waals surface area contributed by atoms with Crippen molar-refractivity contribution in [2.45, 2.75) is 40.0 Å². The van der Waals surface area contributed by atoms with Crippen LogP contribution in [-0.2, 0) is 0 Å². The van der Waals surface area contributed by atoms with Crippen molar-refractivity contribution in [1.82, 2.24) is 14.6 Å². The maximum atomic E-state index is 4.58. The predicted octanol–water partition coefficient (Wildman–Crippen LogP) is 4.27. The van der Waals surface area contributed by atoms with Crippen molar-refractivity contribution in [1.29, 1.82) is 0 Å². The van der Waals surface area contributed by atoms with Crippen LogP contribution < -0.4 is 5.32 Å². The molecule has 0 bridgehead atoms. The Kier molecular flexibility index (Phi) is 4.93. The Labute approximate surface area is 120 Å². The summed E-state index contributed by atoms with van der Waals surface area (Å²) in [6.45, 7) is 6.32. The highest BCUT2D eigenvalue weighted by Gasteiger charge is 2.10. The highest BCUT2D eigenvalue weighted by atomic mass is 15.3. The number of anilines is 1. The lowest BCUT2D eigenvalue weighted by Crippen LogP contribution is -1.93. The highest BCUT2D eigenvalue weighted by molar-refractivity contribution is 5.76. The van der Waals surface area contributed by atoms with E-state index in [-0.39, 0.29) is 0 Å². The fourth-order valence-corrected chi connectivity index (χ4v) is 2.24. The molecule has 2 rings (SSSR count). The average molecular weight is 270 g/mol. The van der Waals surface area contributed by atoms with E-state index >= 15 is 0 Å². The van der Waals surface area contributed by atoms with Crippen molar-refractivity contribution in [3.8, 4) is 0 Å². The zero-order chi connectivity index (χ0) is 14.4. The Morgan fingerprint density at radius 3 is 2.95 bits per heavy atom. The van der Waals surface area contributed by atoms with Gasteiger partial charge in [0.1, 0.15) is 0 Å². The van der Waals surface area contributed by atoms with E-state index in [1.807, 2.05) is 36.0 Å². The number of nitrogens with zero attached hydrogens (tertiary/aromatic N) is 3. The van der Waals surface area contributed by atoms with Crippen molar-refractivity contribution >= 4 is 17.2 Å². The maximum absolute atomic E-state index is 4.58. The van der Waals surface area contributed by atoms with Gasteiger partial charge in [-0.1, -0.05) is 32.4 Å². The van der Waals surface area contributed by atoms with Crippen LogP contribution in [0, 0.1) is 0 Å². The Morgan fingerprint density at radius 1 is 1.40 bits per heavy atom. The lowest BCUT2D eigenvalue weighted by Gasteiger charge is -2.07. The number of pyridine rings is 1. The number of nitrogens with one attached hydrogen (secondary N) is 1. The molecule has 0 fully saturated rings. The summed E-state index contributed by atoms with van der Waals surface area (Å²) in [6, 6.07) is 4.15. The topological polar surface area (TPSA) is 42.2 Å². The van der Waals surface area contributed by atoms with Gasteiger partial charge in [0.25, 0.3) is 0 Å². The lowest BCUT2D eigenvalue weighted by molar-refractivity contribution is 0.948. The molecule has 0 aliphatic heterocycles. The molecular weight excluding hydrogens is 248 g/mol. The molecule has 2 heterocycles. The maximum Gasteiger partial charge on any atom is 0.247 e. The SMILES string of the molecule is C/C=C/Nc1nc2c(/C(=C/CC)CCC)cccn2n1. The van der Waals surface area contributed by atoms with Gasteiger partial charge in [-0.15, -0.1) is 5.10 Å². The van der Waals surface area contributed by atoms with Gasteiger partial charge in [-0.3, -0.25) is 0 Å². The first-order chi connectivity index (χ1) is 9.80. The van der Waals surface area contributed by atoms with Crippen molar-refractivity contribution in [3.63, 3.8) is 0 Å². The van der Waals surface area contributed by atoms with Crippen LogP contribution in [0.3, 0.4) is 0 Å². The standard InChI is InChI=1S/C16H22N4/c1-4-8-13(9-5-2)14-10-7-12-20-15(14)18-16(19-20)17-11-6-3/h6-8,10-12H,4-5,9H2,1-3H3,(H,17,19)/b11-6+,13-8+. The van der Waals surface area contributed by atoms with Crippen LogP contribution in [0.4, 0.5) is 5.95 Å². The molecule has 0 aromatic carbocycles. The number of hydrogen-bond donors (Lipinski definition) is 1. The normalized spacial score (nSPS) is 12.4. The molecule has 0 unspecified atom stereocenters. The van der Waals surface area contributed by atoms with Crippen LogP contribution in [-0.4, -0.2) is 14.6 Å². The van der Waals surface area contributed by atoms with Gasteiger partial charge in [0, 0.05) is 11.8 Å². The van der Waals surface area contributed by atoms with E-state index in [4.69, 9.17) is 0 Å². The summed E-state index contributed by atoms with van der Waals surface area (Å²) < 4.78 is 1.83. The molecule has 0 radical (unpaired) electrons. The van der Waals surface area contributed by atoms with E-state index in [9.17, 15) is 0 Å². The summed E-state index contributed by atoms with van der Waals surface area (Å²) >= 11 is 0. The van der Waals surface area contributed by atoms with E-state index in [1.165, 1.54) is 11.1 Å². The first kappa shape index (κ1) is 14.3. The fraction of sp³-hybridized carbons (Fsp3) is 0.375. The van der Waals surface area contributed by atoms with Crippen LogP contribution >= 0.6 is 0 Å². The molecule has 0 atom stereocenters. The molecular formula is C16H22N4. The molecule has 0 saturated heterocycles. The second-order valence-corrected chi connectivity index (χ2v) is 4.66. The van der Waals surface area contributed by atoms with Gasteiger partial charge in [-0.05, 0) is 43.7 Å². The molecule has 20 heavy (non-hydrogen) atoms. The van der Waals surface area contributed by atoms with E-state index in [0.717, 1.165) is 24.9 Å². The molecule has 1 N–H and O–H groups in total. The van der Waals surface area contributed by atoms with Gasteiger partial charge in [0.15, 0.2) is 5.65 Å². The van der Waals surface area contributed by atoms with Gasteiger partial charge in [0.05, 0.1) is 0 Å². The minimum Gasteiger partial charge on any atom is -0.330 e. The van der Waals surface area contributed by atoms with E-state index in [1.54, 1.807) is 0 Å². The Bertz CT molecular complexity index is 622.